The molecule has 1 amide bonds. The number of rotatable bonds is 10. The molecule has 5 heterocycles. The van der Waals surface area contributed by atoms with Gasteiger partial charge in [-0.3, -0.25) is 18.9 Å². The van der Waals surface area contributed by atoms with Gasteiger partial charge in [0.25, 0.3) is 5.92 Å². The molecule has 0 spiro atoms. The summed E-state index contributed by atoms with van der Waals surface area (Å²) >= 11 is 1.35. The van der Waals surface area contributed by atoms with Gasteiger partial charge >= 0.3 is 6.18 Å². The highest BCUT2D eigenvalue weighted by Crippen LogP contribution is 2.55. The fourth-order valence-corrected chi connectivity index (χ4v) is 9.80. The number of carbonyl (C=O) groups is 1. The second kappa shape index (κ2) is 15.2. The zero-order valence-electron chi connectivity index (χ0n) is 33.2. The topological polar surface area (TPSA) is 152 Å². The normalized spacial score (nSPS) is 19.7. The van der Waals surface area contributed by atoms with E-state index < -0.39 is 81.0 Å². The quantitative estimate of drug-likeness (QED) is 0.126. The van der Waals surface area contributed by atoms with Crippen LogP contribution in [-0.2, 0) is 46.9 Å². The molecule has 6 aromatic rings. The van der Waals surface area contributed by atoms with Crippen LogP contribution in [0.2, 0.25) is 0 Å². The lowest BCUT2D eigenvalue weighted by molar-refractivity contribution is -0.143. The van der Waals surface area contributed by atoms with E-state index in [9.17, 15) is 35.2 Å². The summed E-state index contributed by atoms with van der Waals surface area (Å²) in [7, 11) is -2.19. The van der Waals surface area contributed by atoms with Crippen molar-refractivity contribution in [2.45, 2.75) is 63.8 Å². The monoisotopic (exact) mass is 892 g/mol. The Morgan fingerprint density at radius 1 is 1.05 bits per heavy atom. The molecule has 324 valence electrons. The third kappa shape index (κ3) is 8.00. The fourth-order valence-electron chi connectivity index (χ4n) is 8.31. The molecule has 1 aliphatic carbocycles. The van der Waals surface area contributed by atoms with Crippen molar-refractivity contribution in [3.8, 4) is 11.1 Å². The van der Waals surface area contributed by atoms with Crippen molar-refractivity contribution in [3.63, 3.8) is 0 Å². The van der Waals surface area contributed by atoms with Gasteiger partial charge in [-0.25, -0.2) is 22.2 Å². The SMILES string of the molecule is C[C@@H]1CN(c2nc3nc([C@H](Cc4cc(F)cc(F)c4)NC(=O)Cn4nc(C(F)(F)F)c5c4C(F)(F)[C@H](C)[C@@H]5C)c(-c4cccc5c(NS(C)(=O)=O)nn(C)c45)cc3s2)CCN1. The largest absolute Gasteiger partial charge is 0.435 e. The maximum absolute atomic E-state index is 15.7. The van der Waals surface area contributed by atoms with Gasteiger partial charge in [-0.2, -0.15) is 37.1 Å². The number of amides is 1. The van der Waals surface area contributed by atoms with Crippen molar-refractivity contribution < 1.29 is 43.9 Å². The van der Waals surface area contributed by atoms with Crippen LogP contribution in [0.1, 0.15) is 60.9 Å². The number of pyridine rings is 1. The molecule has 0 radical (unpaired) electrons. The molecule has 1 saturated heterocycles. The Hall–Kier alpha value is -5.35. The number of hydrogen-bond acceptors (Lipinski definition) is 10. The van der Waals surface area contributed by atoms with Gasteiger partial charge in [0.05, 0.1) is 28.2 Å². The summed E-state index contributed by atoms with van der Waals surface area (Å²) in [6.07, 6.45) is -4.47. The second-order valence-corrected chi connectivity index (χ2v) is 18.4. The van der Waals surface area contributed by atoms with E-state index in [1.807, 2.05) is 6.92 Å². The van der Waals surface area contributed by atoms with Crippen molar-refractivity contribution in [1.82, 2.24) is 40.2 Å². The molecular weight excluding hydrogens is 854 g/mol. The lowest BCUT2D eigenvalue weighted by atomic mass is 9.94. The molecule has 0 unspecified atom stereocenters. The van der Waals surface area contributed by atoms with Gasteiger partial charge in [-0.15, -0.1) is 0 Å². The van der Waals surface area contributed by atoms with Gasteiger partial charge in [-0.05, 0) is 49.1 Å². The second-order valence-electron chi connectivity index (χ2n) is 15.7. The number of aryl methyl sites for hydroxylation is 1. The molecule has 22 heteroatoms. The first-order valence-electron chi connectivity index (χ1n) is 19.1. The van der Waals surface area contributed by atoms with Crippen LogP contribution < -0.4 is 20.3 Å². The summed E-state index contributed by atoms with van der Waals surface area (Å²) in [6.45, 7) is 5.31. The maximum atomic E-state index is 15.7. The maximum Gasteiger partial charge on any atom is 0.435 e. The zero-order valence-corrected chi connectivity index (χ0v) is 34.8. The number of sulfonamides is 1. The predicted octanol–water partition coefficient (Wildman–Crippen LogP) is 6.85. The molecule has 4 atom stereocenters. The number of piperazine rings is 1. The lowest BCUT2D eigenvalue weighted by Gasteiger charge is -2.31. The molecule has 61 heavy (non-hydrogen) atoms. The van der Waals surface area contributed by atoms with Crippen LogP contribution in [0, 0.1) is 17.6 Å². The average Bonchev–Trinajstić information content (AvgIpc) is 3.89. The standard InChI is InChI=1S/C39H39F7N10O3S2/c1-18-16-55(10-9-47-18)37-50-36-28(60-37)15-26(24-7-6-8-25-32(24)54(4)52-35(25)53-61(5,58)59)31(49-36)27(13-21-11-22(40)14-23(41)12-21)48-29(57)17-56-34-30(33(51-56)39(44,45)46)19(2)20(3)38(34,42)43/h6-8,11-12,14-15,18-20,27,47H,9-10,13,16-17H2,1-5H3,(H,48,57)(H,52,53)/t18-,19+,20-,27+/m1/s1. The van der Waals surface area contributed by atoms with E-state index in [0.29, 0.717) is 62.2 Å². The van der Waals surface area contributed by atoms with Gasteiger partial charge in [0.15, 0.2) is 22.3 Å². The van der Waals surface area contributed by atoms with Crippen LogP contribution in [0.15, 0.2) is 42.5 Å². The first-order chi connectivity index (χ1) is 28.6. The van der Waals surface area contributed by atoms with Crippen molar-refractivity contribution in [1.29, 1.82) is 0 Å². The van der Waals surface area contributed by atoms with Gasteiger partial charge in [-0.1, -0.05) is 37.3 Å². The Morgan fingerprint density at radius 3 is 2.44 bits per heavy atom. The highest BCUT2D eigenvalue weighted by Gasteiger charge is 2.57. The van der Waals surface area contributed by atoms with Crippen LogP contribution in [0.4, 0.5) is 41.7 Å². The summed E-state index contributed by atoms with van der Waals surface area (Å²) in [5.41, 5.74) is -1.61. The summed E-state index contributed by atoms with van der Waals surface area (Å²) in [4.78, 5) is 26.0. The molecule has 2 aliphatic rings. The van der Waals surface area contributed by atoms with E-state index in [-0.39, 0.29) is 35.2 Å². The molecule has 13 nitrogen and oxygen atoms in total. The highest BCUT2D eigenvalue weighted by molar-refractivity contribution is 7.92. The minimum absolute atomic E-state index is 0.0239. The van der Waals surface area contributed by atoms with Crippen molar-refractivity contribution in [3.05, 3.63) is 82.3 Å². The van der Waals surface area contributed by atoms with Crippen LogP contribution in [0.5, 0.6) is 0 Å². The molecule has 8 rings (SSSR count). The zero-order chi connectivity index (χ0) is 43.9. The molecule has 1 fully saturated rings. The molecule has 3 N–H and O–H groups in total. The van der Waals surface area contributed by atoms with E-state index >= 15 is 8.78 Å². The van der Waals surface area contributed by atoms with Crippen molar-refractivity contribution in [2.75, 3.05) is 35.5 Å². The minimum Gasteiger partial charge on any atom is -0.346 e. The van der Waals surface area contributed by atoms with Crippen LogP contribution in [0.25, 0.3) is 32.4 Å². The minimum atomic E-state index is -5.10. The Morgan fingerprint density at radius 2 is 1.77 bits per heavy atom. The third-order valence-corrected chi connectivity index (χ3v) is 12.8. The fraction of sp³-hybridized carbons (Fsp3) is 0.410. The van der Waals surface area contributed by atoms with Gasteiger partial charge in [0, 0.05) is 66.8 Å². The predicted molar refractivity (Wildman–Crippen MR) is 215 cm³/mol. The third-order valence-electron chi connectivity index (χ3n) is 11.1. The molecule has 4 aromatic heterocycles. The number of fused-ring (bicyclic) bond motifs is 3. The number of nitrogens with one attached hydrogen (secondary N) is 3. The van der Waals surface area contributed by atoms with Gasteiger partial charge in [0.2, 0.25) is 15.9 Å². The molecule has 0 saturated carbocycles. The number of para-hydroxylation sites is 1. The molecular formula is C39H39F7N10O3S2. The van der Waals surface area contributed by atoms with Gasteiger partial charge < -0.3 is 15.5 Å². The Labute approximate surface area is 348 Å². The number of hydrogen-bond donors (Lipinski definition) is 3. The number of anilines is 2. The van der Waals surface area contributed by atoms with E-state index in [1.165, 1.54) is 22.9 Å². The van der Waals surface area contributed by atoms with Crippen LogP contribution >= 0.6 is 11.3 Å². The highest BCUT2D eigenvalue weighted by atomic mass is 32.2. The number of carbonyl (C=O) groups excluding carboxylic acids is 1. The smallest absolute Gasteiger partial charge is 0.346 e. The Balaban J connectivity index is 1.30. The van der Waals surface area contributed by atoms with Gasteiger partial charge in [0.1, 0.15) is 23.9 Å². The summed E-state index contributed by atoms with van der Waals surface area (Å²) in [5.74, 6) is -9.41. The van der Waals surface area contributed by atoms with Crippen LogP contribution in [-0.4, -0.2) is 75.8 Å². The van der Waals surface area contributed by atoms with Crippen molar-refractivity contribution in [2.24, 2.45) is 13.0 Å². The van der Waals surface area contributed by atoms with Crippen LogP contribution in [0.3, 0.4) is 0 Å². The van der Waals surface area contributed by atoms with E-state index in [2.05, 4.69) is 30.5 Å². The molecule has 1 aliphatic heterocycles. The number of thiazole rings is 1. The van der Waals surface area contributed by atoms with E-state index in [4.69, 9.17) is 9.97 Å². The lowest BCUT2D eigenvalue weighted by Crippen LogP contribution is -2.49. The summed E-state index contributed by atoms with van der Waals surface area (Å²) in [5, 5.41) is 15.0. The number of halogens is 7. The Bertz CT molecular complexity index is 2800. The first-order valence-corrected chi connectivity index (χ1v) is 21.8. The summed E-state index contributed by atoms with van der Waals surface area (Å²) < 4.78 is 133. The Kier molecular flexibility index (Phi) is 10.6. The average molecular weight is 893 g/mol. The summed E-state index contributed by atoms with van der Waals surface area (Å²) in [6, 6.07) is 8.33. The number of benzene rings is 2. The number of alkyl halides is 5. The molecule has 0 bridgehead atoms. The molecule has 2 aromatic carbocycles. The van der Waals surface area contributed by atoms with E-state index in [1.54, 1.807) is 31.3 Å². The number of aromatic nitrogens is 6. The number of nitrogens with zero attached hydrogens (tertiary/aromatic N) is 7. The first kappa shape index (κ1) is 42.3. The van der Waals surface area contributed by atoms with E-state index in [0.717, 1.165) is 25.3 Å². The van der Waals surface area contributed by atoms with Crippen molar-refractivity contribution >= 4 is 59.5 Å².